The van der Waals surface area contributed by atoms with E-state index in [1.54, 1.807) is 0 Å². The molecule has 1 aliphatic carbocycles. The van der Waals surface area contributed by atoms with Crippen molar-refractivity contribution < 1.29 is 0 Å². The molecule has 20 heavy (non-hydrogen) atoms. The first-order valence-corrected chi connectivity index (χ1v) is 7.22. The van der Waals surface area contributed by atoms with Gasteiger partial charge in [0.2, 0.25) is 0 Å². The van der Waals surface area contributed by atoms with E-state index in [0.717, 1.165) is 12.8 Å². The van der Waals surface area contributed by atoms with E-state index in [-0.39, 0.29) is 18.4 Å². The van der Waals surface area contributed by atoms with Crippen molar-refractivity contribution in [3.63, 3.8) is 0 Å². The highest BCUT2D eigenvalue weighted by Crippen LogP contribution is 2.41. The molecule has 2 unspecified atom stereocenters. The largest absolute Gasteiger partial charge is 0.324 e. The van der Waals surface area contributed by atoms with E-state index in [4.69, 9.17) is 28.9 Å². The van der Waals surface area contributed by atoms with Gasteiger partial charge in [-0.05, 0) is 41.7 Å². The van der Waals surface area contributed by atoms with Crippen molar-refractivity contribution in [1.82, 2.24) is 0 Å². The lowest BCUT2D eigenvalue weighted by Gasteiger charge is -2.30. The van der Waals surface area contributed by atoms with Gasteiger partial charge in [0, 0.05) is 12.0 Å². The lowest BCUT2D eigenvalue weighted by Crippen LogP contribution is -2.20. The number of hydrogen-bond acceptors (Lipinski definition) is 1. The van der Waals surface area contributed by atoms with Crippen LogP contribution >= 0.6 is 35.6 Å². The fourth-order valence-corrected chi connectivity index (χ4v) is 3.21. The van der Waals surface area contributed by atoms with Crippen molar-refractivity contribution in [2.24, 2.45) is 5.73 Å². The van der Waals surface area contributed by atoms with Gasteiger partial charge in [-0.2, -0.15) is 0 Å². The summed E-state index contributed by atoms with van der Waals surface area (Å²) in [5, 5.41) is 1.22. The van der Waals surface area contributed by atoms with E-state index >= 15 is 0 Å². The highest BCUT2D eigenvalue weighted by atomic mass is 35.5. The molecular formula is C16H16Cl3N. The Bertz CT molecular complexity index is 612. The predicted octanol–water partition coefficient (Wildman–Crippen LogP) is 5.34. The van der Waals surface area contributed by atoms with Crippen LogP contribution in [0.1, 0.15) is 41.5 Å². The fourth-order valence-electron chi connectivity index (χ4n) is 2.90. The quantitative estimate of drug-likeness (QED) is 0.748. The van der Waals surface area contributed by atoms with E-state index in [1.807, 2.05) is 12.1 Å². The monoisotopic (exact) mass is 333 g/mol. The normalized spacial score (nSPS) is 20.9. The highest BCUT2D eigenvalue weighted by Gasteiger charge is 2.26. The van der Waals surface area contributed by atoms with Crippen LogP contribution in [0.2, 0.25) is 10.0 Å². The Morgan fingerprint density at radius 2 is 1.60 bits per heavy atom. The van der Waals surface area contributed by atoms with Crippen LogP contribution in [-0.4, -0.2) is 0 Å². The Morgan fingerprint density at radius 1 is 0.900 bits per heavy atom. The van der Waals surface area contributed by atoms with Gasteiger partial charge in [-0.1, -0.05) is 53.5 Å². The van der Waals surface area contributed by atoms with Gasteiger partial charge >= 0.3 is 0 Å². The molecule has 2 atom stereocenters. The second kappa shape index (κ2) is 6.36. The third-order valence-electron chi connectivity index (χ3n) is 3.88. The second-order valence-electron chi connectivity index (χ2n) is 5.04. The van der Waals surface area contributed by atoms with Crippen LogP contribution < -0.4 is 5.73 Å². The molecule has 0 aliphatic heterocycles. The number of rotatable bonds is 1. The minimum Gasteiger partial charge on any atom is -0.324 e. The molecule has 0 aromatic heterocycles. The first-order valence-electron chi connectivity index (χ1n) is 6.46. The average molecular weight is 335 g/mol. The summed E-state index contributed by atoms with van der Waals surface area (Å²) in [6.07, 6.45) is 2.05. The molecule has 2 aromatic carbocycles. The van der Waals surface area contributed by atoms with Crippen LogP contribution in [0.3, 0.4) is 0 Å². The summed E-state index contributed by atoms with van der Waals surface area (Å²) in [5.41, 5.74) is 9.98. The standard InChI is InChI=1S/C16H15Cl2N.ClH/c17-14-7-5-10(9-15(14)18)11-6-8-16(19)13-4-2-1-3-12(11)13;/h1-5,7,9,11,16H,6,8,19H2;1H/i1+1,2+1,3+1,4+1,12+1,13+1;. The Kier molecular flexibility index (Phi) is 4.98. The third-order valence-corrected chi connectivity index (χ3v) is 4.62. The molecule has 0 spiro atoms. The molecule has 0 heterocycles. The maximum atomic E-state index is 6.19. The summed E-state index contributed by atoms with van der Waals surface area (Å²) in [6.45, 7) is 0. The maximum absolute atomic E-state index is 6.19. The molecule has 0 saturated heterocycles. The zero-order valence-electron chi connectivity index (χ0n) is 10.9. The summed E-state index contributed by atoms with van der Waals surface area (Å²) in [7, 11) is 0. The lowest BCUT2D eigenvalue weighted by molar-refractivity contribution is 0.530. The number of benzene rings is 2. The Balaban J connectivity index is 0.00000147. The molecular weight excluding hydrogens is 318 g/mol. The number of halogens is 3. The Labute approximate surface area is 135 Å². The van der Waals surface area contributed by atoms with Gasteiger partial charge in [-0.15, -0.1) is 12.4 Å². The molecule has 2 aromatic rings. The van der Waals surface area contributed by atoms with E-state index < -0.39 is 0 Å². The summed E-state index contributed by atoms with van der Waals surface area (Å²) < 4.78 is 0. The van der Waals surface area contributed by atoms with Crippen molar-refractivity contribution >= 4 is 35.6 Å². The smallest absolute Gasteiger partial charge is 0.0595 e. The van der Waals surface area contributed by atoms with Crippen molar-refractivity contribution in [2.45, 2.75) is 24.8 Å². The molecule has 1 aliphatic rings. The zero-order chi connectivity index (χ0) is 13.4. The molecule has 0 bridgehead atoms. The molecule has 0 radical (unpaired) electrons. The molecule has 0 fully saturated rings. The van der Waals surface area contributed by atoms with E-state index in [9.17, 15) is 0 Å². The van der Waals surface area contributed by atoms with Gasteiger partial charge in [0.1, 0.15) is 0 Å². The van der Waals surface area contributed by atoms with Crippen LogP contribution in [0.5, 0.6) is 0 Å². The molecule has 106 valence electrons. The minimum absolute atomic E-state index is 0. The molecule has 1 nitrogen and oxygen atoms in total. The molecule has 2 N–H and O–H groups in total. The molecule has 0 amide bonds. The third kappa shape index (κ3) is 2.82. The highest BCUT2D eigenvalue weighted by molar-refractivity contribution is 6.42. The van der Waals surface area contributed by atoms with Crippen LogP contribution in [-0.2, 0) is 0 Å². The predicted molar refractivity (Wildman–Crippen MR) is 88.2 cm³/mol. The van der Waals surface area contributed by atoms with E-state index in [0.29, 0.717) is 16.0 Å². The summed E-state index contributed by atoms with van der Waals surface area (Å²) in [6, 6.07) is 14.5. The number of hydrogen-bond donors (Lipinski definition) is 1. The van der Waals surface area contributed by atoms with Gasteiger partial charge in [-0.3, -0.25) is 0 Å². The number of fused-ring (bicyclic) bond motifs is 1. The Morgan fingerprint density at radius 3 is 2.30 bits per heavy atom. The van der Waals surface area contributed by atoms with E-state index in [2.05, 4.69) is 30.3 Å². The van der Waals surface area contributed by atoms with Crippen molar-refractivity contribution in [3.05, 3.63) is 69.2 Å². The SMILES string of the molecule is Cl.NC1CCC(c2ccc(Cl)c(Cl)c2)[13c]2[13cH][13cH][13cH][13cH][13c]21. The van der Waals surface area contributed by atoms with Gasteiger partial charge < -0.3 is 5.73 Å². The first kappa shape index (κ1) is 15.7. The van der Waals surface area contributed by atoms with Crippen molar-refractivity contribution in [3.8, 4) is 0 Å². The van der Waals surface area contributed by atoms with Gasteiger partial charge in [-0.25, -0.2) is 0 Å². The molecule has 3 rings (SSSR count). The summed E-state index contributed by atoms with van der Waals surface area (Å²) in [4.78, 5) is 0. The van der Waals surface area contributed by atoms with Crippen LogP contribution in [0, 0.1) is 0 Å². The van der Waals surface area contributed by atoms with Crippen molar-refractivity contribution in [1.29, 1.82) is 0 Å². The van der Waals surface area contributed by atoms with Gasteiger partial charge in [0.05, 0.1) is 10.0 Å². The topological polar surface area (TPSA) is 26.0 Å². The molecule has 0 saturated carbocycles. The second-order valence-corrected chi connectivity index (χ2v) is 5.85. The van der Waals surface area contributed by atoms with E-state index in [1.165, 1.54) is 16.7 Å². The molecule has 4 heteroatoms. The number of nitrogens with two attached hydrogens (primary N) is 1. The van der Waals surface area contributed by atoms with Crippen molar-refractivity contribution in [2.75, 3.05) is 0 Å². The van der Waals surface area contributed by atoms with Crippen LogP contribution in [0.25, 0.3) is 0 Å². The summed E-state index contributed by atoms with van der Waals surface area (Å²) in [5.74, 6) is 0.366. The lowest BCUT2D eigenvalue weighted by atomic mass is 9.95. The maximum Gasteiger partial charge on any atom is 0.0595 e. The van der Waals surface area contributed by atoms with Gasteiger partial charge in [0.25, 0.3) is 0 Å². The first-order chi connectivity index (χ1) is 9.16. The van der Waals surface area contributed by atoms with Gasteiger partial charge in [0.15, 0.2) is 0 Å². The summed E-state index contributed by atoms with van der Waals surface area (Å²) >= 11 is 12.1. The zero-order valence-corrected chi connectivity index (χ0v) is 13.2. The minimum atomic E-state index is 0. The fraction of sp³-hybridized carbons (Fsp3) is 0.250. The van der Waals surface area contributed by atoms with Crippen LogP contribution in [0.4, 0.5) is 0 Å². The van der Waals surface area contributed by atoms with Crippen LogP contribution in [0.15, 0.2) is 42.5 Å². The Hall–Kier alpha value is -0.730. The average Bonchev–Trinajstić information content (AvgIpc) is 2.43.